The minimum atomic E-state index is -0.711. The monoisotopic (exact) mass is 369 g/mol. The second-order valence-electron chi connectivity index (χ2n) is 6.70. The van der Waals surface area contributed by atoms with E-state index in [1.54, 1.807) is 0 Å². The molecule has 0 aliphatic carbocycles. The van der Waals surface area contributed by atoms with E-state index < -0.39 is 5.54 Å². The smallest absolute Gasteiger partial charge is 0.259 e. The number of nitrogens with zero attached hydrogens (tertiary/aromatic N) is 1. The van der Waals surface area contributed by atoms with E-state index in [1.807, 2.05) is 93.3 Å². The molecule has 1 saturated heterocycles. The van der Waals surface area contributed by atoms with Crippen molar-refractivity contribution in [3.63, 3.8) is 0 Å². The Morgan fingerprint density at radius 1 is 0.821 bits per heavy atom. The van der Waals surface area contributed by atoms with E-state index in [-0.39, 0.29) is 5.91 Å². The van der Waals surface area contributed by atoms with Gasteiger partial charge >= 0.3 is 0 Å². The average molecular weight is 370 g/mol. The van der Waals surface area contributed by atoms with Crippen LogP contribution < -0.4 is 0 Å². The lowest BCUT2D eigenvalue weighted by molar-refractivity contribution is -0.125. The van der Waals surface area contributed by atoms with Crippen molar-refractivity contribution >= 4 is 5.91 Å². The molecule has 0 N–H and O–H groups in total. The lowest BCUT2D eigenvalue weighted by Gasteiger charge is -2.41. The zero-order valence-electron chi connectivity index (χ0n) is 17.0. The maximum absolute atomic E-state index is 13.7. The molecule has 2 aromatic rings. The van der Waals surface area contributed by atoms with Crippen molar-refractivity contribution in [2.45, 2.75) is 33.2 Å². The minimum absolute atomic E-state index is 0.0227. The van der Waals surface area contributed by atoms with E-state index >= 15 is 0 Å². The molecule has 0 spiro atoms. The van der Waals surface area contributed by atoms with Crippen LogP contribution in [0.15, 0.2) is 108 Å². The predicted octanol–water partition coefficient (Wildman–Crippen LogP) is 6.14. The Bertz CT molecular complexity index is 923. The quantitative estimate of drug-likeness (QED) is 0.468. The maximum atomic E-state index is 13.7. The van der Waals surface area contributed by atoms with Crippen molar-refractivity contribution in [2.75, 3.05) is 0 Å². The Kier molecular flexibility index (Phi) is 5.79. The summed E-state index contributed by atoms with van der Waals surface area (Å²) in [4.78, 5) is 15.6. The number of rotatable bonds is 4. The van der Waals surface area contributed by atoms with E-state index in [2.05, 4.69) is 30.3 Å². The Labute approximate surface area is 168 Å². The minimum Gasteiger partial charge on any atom is -0.290 e. The van der Waals surface area contributed by atoms with Crippen LogP contribution in [-0.4, -0.2) is 10.8 Å². The molecule has 28 heavy (non-hydrogen) atoms. The van der Waals surface area contributed by atoms with Gasteiger partial charge in [-0.3, -0.25) is 9.69 Å². The molecule has 1 aliphatic heterocycles. The van der Waals surface area contributed by atoms with Gasteiger partial charge in [-0.1, -0.05) is 85.0 Å². The van der Waals surface area contributed by atoms with Gasteiger partial charge in [-0.15, -0.1) is 0 Å². The molecule has 142 valence electrons. The topological polar surface area (TPSA) is 20.3 Å². The molecular formula is C26H27NO. The third kappa shape index (κ3) is 2.86. The van der Waals surface area contributed by atoms with Crippen molar-refractivity contribution in [3.05, 3.63) is 119 Å². The van der Waals surface area contributed by atoms with Gasteiger partial charge in [-0.05, 0) is 50.5 Å². The zero-order chi connectivity index (χ0) is 20.1. The summed E-state index contributed by atoms with van der Waals surface area (Å²) < 4.78 is 0. The van der Waals surface area contributed by atoms with E-state index in [0.29, 0.717) is 0 Å². The number of carbonyl (C=O) groups excluding carboxylic acids is 1. The first-order chi connectivity index (χ1) is 13.7. The molecule has 0 bridgehead atoms. The van der Waals surface area contributed by atoms with Crippen LogP contribution in [0.5, 0.6) is 0 Å². The molecule has 1 fully saturated rings. The van der Waals surface area contributed by atoms with Gasteiger partial charge in [-0.25, -0.2) is 0 Å². The largest absolute Gasteiger partial charge is 0.290 e. The van der Waals surface area contributed by atoms with Gasteiger partial charge in [0.2, 0.25) is 0 Å². The summed E-state index contributed by atoms with van der Waals surface area (Å²) in [6, 6.07) is 20.6. The van der Waals surface area contributed by atoms with Crippen molar-refractivity contribution in [3.8, 4) is 0 Å². The van der Waals surface area contributed by atoms with Gasteiger partial charge in [0, 0.05) is 11.3 Å². The molecule has 3 rings (SSSR count). The number of likely N-dealkylation sites (tertiary alicyclic amines) is 1. The molecule has 1 heterocycles. The first-order valence-corrected chi connectivity index (χ1v) is 9.74. The number of hydrogen-bond donors (Lipinski definition) is 0. The molecule has 1 aliphatic rings. The fourth-order valence-corrected chi connectivity index (χ4v) is 4.22. The van der Waals surface area contributed by atoms with Crippen LogP contribution in [0.4, 0.5) is 0 Å². The summed E-state index contributed by atoms with van der Waals surface area (Å²) in [5.41, 5.74) is 4.08. The highest BCUT2D eigenvalue weighted by atomic mass is 16.2. The highest BCUT2D eigenvalue weighted by Crippen LogP contribution is 2.52. The Hall–Kier alpha value is -3.13. The molecule has 2 heteroatoms. The summed E-state index contributed by atoms with van der Waals surface area (Å²) in [6.07, 6.45) is 10.00. The molecule has 0 radical (unpaired) electrons. The molecule has 0 saturated carbocycles. The number of amides is 1. The summed E-state index contributed by atoms with van der Waals surface area (Å²) >= 11 is 0. The van der Waals surface area contributed by atoms with Crippen LogP contribution in [0.25, 0.3) is 0 Å². The van der Waals surface area contributed by atoms with Crippen molar-refractivity contribution in [1.82, 2.24) is 4.90 Å². The van der Waals surface area contributed by atoms with E-state index in [9.17, 15) is 4.79 Å². The van der Waals surface area contributed by atoms with Gasteiger partial charge < -0.3 is 0 Å². The van der Waals surface area contributed by atoms with E-state index in [4.69, 9.17) is 0 Å². The van der Waals surface area contributed by atoms with Crippen molar-refractivity contribution < 1.29 is 4.79 Å². The highest BCUT2D eigenvalue weighted by molar-refractivity contribution is 6.05. The SMILES string of the molecule is C/C=C\C(=C/C)N1C(=O)C(=C/C)/C(=C\C)C1(c1ccccc1)c1ccccc1. The first kappa shape index (κ1) is 19.6. The Morgan fingerprint density at radius 2 is 1.36 bits per heavy atom. The second kappa shape index (κ2) is 8.26. The predicted molar refractivity (Wildman–Crippen MR) is 117 cm³/mol. The summed E-state index contributed by atoms with van der Waals surface area (Å²) in [6.45, 7) is 7.91. The second-order valence-corrected chi connectivity index (χ2v) is 6.70. The van der Waals surface area contributed by atoms with E-state index in [0.717, 1.165) is 28.0 Å². The number of carbonyl (C=O) groups is 1. The van der Waals surface area contributed by atoms with Gasteiger partial charge in [0.05, 0.1) is 0 Å². The van der Waals surface area contributed by atoms with Crippen molar-refractivity contribution in [1.29, 1.82) is 0 Å². The molecular weight excluding hydrogens is 342 g/mol. The number of benzene rings is 2. The van der Waals surface area contributed by atoms with Crippen LogP contribution in [0.2, 0.25) is 0 Å². The summed E-state index contributed by atoms with van der Waals surface area (Å²) in [5, 5.41) is 0. The van der Waals surface area contributed by atoms with Crippen LogP contribution >= 0.6 is 0 Å². The lowest BCUT2D eigenvalue weighted by atomic mass is 9.75. The lowest BCUT2D eigenvalue weighted by Crippen LogP contribution is -2.44. The van der Waals surface area contributed by atoms with Crippen LogP contribution in [0.3, 0.4) is 0 Å². The van der Waals surface area contributed by atoms with Gasteiger partial charge in [-0.2, -0.15) is 0 Å². The highest BCUT2D eigenvalue weighted by Gasteiger charge is 2.54. The molecule has 0 atom stereocenters. The zero-order valence-corrected chi connectivity index (χ0v) is 17.0. The van der Waals surface area contributed by atoms with Gasteiger partial charge in [0.1, 0.15) is 5.54 Å². The summed E-state index contributed by atoms with van der Waals surface area (Å²) in [7, 11) is 0. The van der Waals surface area contributed by atoms with Gasteiger partial charge in [0.25, 0.3) is 5.91 Å². The molecule has 2 nitrogen and oxygen atoms in total. The normalized spacial score (nSPS) is 19.9. The van der Waals surface area contributed by atoms with Crippen LogP contribution in [-0.2, 0) is 10.3 Å². The standard InChI is InChI=1S/C26H27NO/c1-5-15-22(6-2)27-25(28)23(7-3)24(8-4)26(27,20-16-11-9-12-17-20)21-18-13-10-14-19-21/h5-19H,1-4H3/b15-5-,22-6+,23-7+,24-8+. The van der Waals surface area contributed by atoms with Crippen molar-refractivity contribution in [2.24, 2.45) is 0 Å². The molecule has 0 unspecified atom stereocenters. The Balaban J connectivity index is 2.50. The molecule has 1 amide bonds. The third-order valence-electron chi connectivity index (χ3n) is 5.30. The Morgan fingerprint density at radius 3 is 1.75 bits per heavy atom. The fourth-order valence-electron chi connectivity index (χ4n) is 4.22. The first-order valence-electron chi connectivity index (χ1n) is 9.74. The maximum Gasteiger partial charge on any atom is 0.259 e. The number of hydrogen-bond acceptors (Lipinski definition) is 1. The molecule has 2 aromatic carbocycles. The van der Waals surface area contributed by atoms with Crippen LogP contribution in [0, 0.1) is 0 Å². The average Bonchev–Trinajstić information content (AvgIpc) is 3.01. The molecule has 0 aromatic heterocycles. The number of allylic oxidation sites excluding steroid dienone is 5. The van der Waals surface area contributed by atoms with Gasteiger partial charge in [0.15, 0.2) is 0 Å². The fraction of sp³-hybridized carbons (Fsp3) is 0.192. The third-order valence-corrected chi connectivity index (χ3v) is 5.30. The van der Waals surface area contributed by atoms with Crippen LogP contribution in [0.1, 0.15) is 38.8 Å². The summed E-state index contributed by atoms with van der Waals surface area (Å²) in [5.74, 6) is 0.0227. The van der Waals surface area contributed by atoms with E-state index in [1.165, 1.54) is 0 Å².